The van der Waals surface area contributed by atoms with Gasteiger partial charge >= 0.3 is 6.87 Å². The van der Waals surface area contributed by atoms with Crippen LogP contribution >= 0.6 is 18.1 Å². The summed E-state index contributed by atoms with van der Waals surface area (Å²) in [6.45, 7) is -1.20. The van der Waals surface area contributed by atoms with E-state index in [1.807, 2.05) is 37.3 Å². The van der Waals surface area contributed by atoms with Gasteiger partial charge in [-0.15, -0.1) is 0 Å². The van der Waals surface area contributed by atoms with E-state index in [0.717, 1.165) is 5.56 Å². The Bertz CT molecular complexity index is 370. The SMILES string of the molecule is C[C@@H]1NP(=O)(Cl)O[C@@H]1c1ccccc1. The number of nitrogens with one attached hydrogen (secondary N) is 1. The van der Waals surface area contributed by atoms with Crippen LogP contribution in [0.15, 0.2) is 30.3 Å². The first-order valence-corrected chi connectivity index (χ1v) is 6.92. The lowest BCUT2D eigenvalue weighted by Gasteiger charge is -2.12. The number of rotatable bonds is 1. The molecule has 1 aliphatic rings. The van der Waals surface area contributed by atoms with E-state index in [-0.39, 0.29) is 12.1 Å². The Kier molecular flexibility index (Phi) is 2.67. The van der Waals surface area contributed by atoms with E-state index in [1.165, 1.54) is 0 Å². The van der Waals surface area contributed by atoms with Gasteiger partial charge in [-0.25, -0.2) is 5.09 Å². The molecular formula is C9H11ClNO2P. The molecule has 1 aromatic rings. The molecule has 1 saturated heterocycles. The maximum Gasteiger partial charge on any atom is 0.361 e. The quantitative estimate of drug-likeness (QED) is 0.755. The smallest absolute Gasteiger partial charge is 0.296 e. The Labute approximate surface area is 87.7 Å². The average molecular weight is 232 g/mol. The second kappa shape index (κ2) is 3.67. The molecule has 3 nitrogen and oxygen atoms in total. The van der Waals surface area contributed by atoms with Crippen molar-refractivity contribution in [1.82, 2.24) is 5.09 Å². The molecule has 0 bridgehead atoms. The van der Waals surface area contributed by atoms with Gasteiger partial charge in [-0.3, -0.25) is 9.09 Å². The van der Waals surface area contributed by atoms with Crippen molar-refractivity contribution in [3.63, 3.8) is 0 Å². The Hall–Kier alpha value is -0.340. The van der Waals surface area contributed by atoms with Gasteiger partial charge in [-0.1, -0.05) is 30.3 Å². The molecule has 1 heterocycles. The molecule has 2 rings (SSSR count). The molecule has 5 heteroatoms. The topological polar surface area (TPSA) is 38.3 Å². The van der Waals surface area contributed by atoms with Crippen LogP contribution in [-0.4, -0.2) is 6.04 Å². The molecule has 0 amide bonds. The van der Waals surface area contributed by atoms with Crippen LogP contribution in [-0.2, 0) is 9.09 Å². The molecule has 0 aromatic heterocycles. The number of hydrogen-bond donors (Lipinski definition) is 1. The minimum absolute atomic E-state index is 0.0271. The monoisotopic (exact) mass is 231 g/mol. The molecule has 3 atom stereocenters. The molecule has 1 unspecified atom stereocenters. The van der Waals surface area contributed by atoms with Gasteiger partial charge in [0.15, 0.2) is 0 Å². The Morgan fingerprint density at radius 1 is 1.43 bits per heavy atom. The summed E-state index contributed by atoms with van der Waals surface area (Å²) in [4.78, 5) is 0. The Balaban J connectivity index is 2.25. The largest absolute Gasteiger partial charge is 0.361 e. The van der Waals surface area contributed by atoms with Crippen molar-refractivity contribution in [2.45, 2.75) is 19.1 Å². The summed E-state index contributed by atoms with van der Waals surface area (Å²) in [5.41, 5.74) is 0.992. The highest BCUT2D eigenvalue weighted by Gasteiger charge is 2.39. The summed E-state index contributed by atoms with van der Waals surface area (Å²) in [7, 11) is 0. The van der Waals surface area contributed by atoms with Crippen LogP contribution in [0.25, 0.3) is 0 Å². The van der Waals surface area contributed by atoms with Crippen molar-refractivity contribution in [2.75, 3.05) is 0 Å². The van der Waals surface area contributed by atoms with Gasteiger partial charge in [0.1, 0.15) is 6.10 Å². The zero-order valence-electron chi connectivity index (χ0n) is 7.68. The summed E-state index contributed by atoms with van der Waals surface area (Å²) >= 11 is 5.63. The van der Waals surface area contributed by atoms with E-state index in [4.69, 9.17) is 15.8 Å². The molecule has 1 aromatic carbocycles. The second-order valence-corrected chi connectivity index (χ2v) is 6.10. The van der Waals surface area contributed by atoms with Crippen LogP contribution in [0.5, 0.6) is 0 Å². The highest BCUT2D eigenvalue weighted by Crippen LogP contribution is 2.58. The van der Waals surface area contributed by atoms with Gasteiger partial charge in [-0.05, 0) is 23.7 Å². The van der Waals surface area contributed by atoms with Gasteiger partial charge in [0.05, 0.1) is 0 Å². The normalized spacial score (nSPS) is 37.3. The van der Waals surface area contributed by atoms with E-state index in [2.05, 4.69) is 5.09 Å². The molecule has 0 aliphatic carbocycles. The van der Waals surface area contributed by atoms with E-state index in [9.17, 15) is 4.57 Å². The fourth-order valence-electron chi connectivity index (χ4n) is 1.57. The first-order valence-electron chi connectivity index (χ1n) is 4.39. The fourth-order valence-corrected chi connectivity index (χ4v) is 3.57. The van der Waals surface area contributed by atoms with E-state index in [0.29, 0.717) is 0 Å². The maximum atomic E-state index is 11.4. The van der Waals surface area contributed by atoms with Crippen molar-refractivity contribution in [3.8, 4) is 0 Å². The van der Waals surface area contributed by atoms with Gasteiger partial charge < -0.3 is 0 Å². The lowest BCUT2D eigenvalue weighted by Crippen LogP contribution is -2.19. The average Bonchev–Trinajstić information content (AvgIpc) is 2.41. The first kappa shape index (κ1) is 10.2. The van der Waals surface area contributed by atoms with Crippen LogP contribution in [0.3, 0.4) is 0 Å². The van der Waals surface area contributed by atoms with Crippen molar-refractivity contribution >= 4 is 18.1 Å². The summed E-state index contributed by atoms with van der Waals surface area (Å²) in [6, 6.07) is 9.61. The number of hydrogen-bond acceptors (Lipinski definition) is 2. The molecule has 0 saturated carbocycles. The predicted octanol–water partition coefficient (Wildman–Crippen LogP) is 3.08. The van der Waals surface area contributed by atoms with E-state index in [1.54, 1.807) is 0 Å². The standard InChI is InChI=1S/C9H11ClNO2P/c1-7-9(13-14(10,12)11-7)8-5-3-2-4-6-8/h2-7,9H,1H3,(H,11,12)/t7-,9-,14?/m0/s1. The summed E-state index contributed by atoms with van der Waals surface area (Å²) < 4.78 is 16.7. The Morgan fingerprint density at radius 2 is 2.07 bits per heavy atom. The molecule has 1 aliphatic heterocycles. The second-order valence-electron chi connectivity index (χ2n) is 3.33. The minimum atomic E-state index is -3.10. The third kappa shape index (κ3) is 2.01. The minimum Gasteiger partial charge on any atom is -0.296 e. The fraction of sp³-hybridized carbons (Fsp3) is 0.333. The number of halogens is 1. The number of benzene rings is 1. The highest BCUT2D eigenvalue weighted by molar-refractivity contribution is 7.83. The lowest BCUT2D eigenvalue weighted by molar-refractivity contribution is 0.227. The molecular weight excluding hydrogens is 221 g/mol. The van der Waals surface area contributed by atoms with Gasteiger partial charge in [0.25, 0.3) is 0 Å². The Morgan fingerprint density at radius 3 is 2.57 bits per heavy atom. The summed E-state index contributed by atoms with van der Waals surface area (Å²) in [5.74, 6) is 0. The molecule has 1 N–H and O–H groups in total. The lowest BCUT2D eigenvalue weighted by atomic mass is 10.0. The molecule has 0 spiro atoms. The van der Waals surface area contributed by atoms with Crippen LogP contribution in [0.2, 0.25) is 0 Å². The van der Waals surface area contributed by atoms with Crippen LogP contribution < -0.4 is 5.09 Å². The van der Waals surface area contributed by atoms with Crippen LogP contribution in [0.4, 0.5) is 0 Å². The molecule has 1 fully saturated rings. The van der Waals surface area contributed by atoms with Crippen molar-refractivity contribution in [2.24, 2.45) is 0 Å². The summed E-state index contributed by atoms with van der Waals surface area (Å²) in [5, 5.41) is 2.74. The molecule has 0 radical (unpaired) electrons. The maximum absolute atomic E-state index is 11.4. The molecule has 14 heavy (non-hydrogen) atoms. The first-order chi connectivity index (χ1) is 6.58. The highest BCUT2D eigenvalue weighted by atomic mass is 35.7. The summed E-state index contributed by atoms with van der Waals surface area (Å²) in [6.07, 6.45) is -0.223. The van der Waals surface area contributed by atoms with Crippen molar-refractivity contribution < 1.29 is 9.09 Å². The molecule has 76 valence electrons. The third-order valence-corrected chi connectivity index (χ3v) is 3.93. The van der Waals surface area contributed by atoms with E-state index < -0.39 is 6.87 Å². The predicted molar refractivity (Wildman–Crippen MR) is 56.3 cm³/mol. The third-order valence-electron chi connectivity index (χ3n) is 2.19. The zero-order valence-corrected chi connectivity index (χ0v) is 9.33. The van der Waals surface area contributed by atoms with Crippen LogP contribution in [0.1, 0.15) is 18.6 Å². The van der Waals surface area contributed by atoms with E-state index >= 15 is 0 Å². The zero-order chi connectivity index (χ0) is 10.2. The van der Waals surface area contributed by atoms with Gasteiger partial charge in [0.2, 0.25) is 0 Å². The van der Waals surface area contributed by atoms with Crippen LogP contribution in [0, 0.1) is 0 Å². The van der Waals surface area contributed by atoms with Crippen molar-refractivity contribution in [3.05, 3.63) is 35.9 Å². The van der Waals surface area contributed by atoms with Gasteiger partial charge in [-0.2, -0.15) is 0 Å². The van der Waals surface area contributed by atoms with Crippen molar-refractivity contribution in [1.29, 1.82) is 0 Å². The van der Waals surface area contributed by atoms with Gasteiger partial charge in [0, 0.05) is 6.04 Å².